The molecule has 3 aromatic rings. The molecule has 1 N–H and O–H groups in total. The quantitative estimate of drug-likeness (QED) is 0.507. The van der Waals surface area contributed by atoms with Crippen LogP contribution >= 0.6 is 11.6 Å². The molecule has 138 valence electrons. The lowest BCUT2D eigenvalue weighted by Gasteiger charge is -2.24. The zero-order valence-corrected chi connectivity index (χ0v) is 15.7. The van der Waals surface area contributed by atoms with Gasteiger partial charge in [0.1, 0.15) is 12.0 Å². The highest BCUT2D eigenvalue weighted by Gasteiger charge is 2.20. The Labute approximate surface area is 163 Å². The van der Waals surface area contributed by atoms with E-state index in [1.54, 1.807) is 42.3 Å². The maximum absolute atomic E-state index is 12.7. The molecular weight excluding hydrogens is 362 g/mol. The number of aromatic hydroxyl groups is 1. The van der Waals surface area contributed by atoms with Gasteiger partial charge in [-0.3, -0.25) is 9.59 Å². The van der Waals surface area contributed by atoms with Crippen LogP contribution in [-0.4, -0.2) is 41.7 Å². The fourth-order valence-corrected chi connectivity index (χ4v) is 3.54. The molecule has 0 spiro atoms. The first kappa shape index (κ1) is 18.9. The van der Waals surface area contributed by atoms with Gasteiger partial charge in [0.2, 0.25) is 0 Å². The highest BCUT2D eigenvalue weighted by atomic mass is 35.5. The molecule has 0 radical (unpaired) electrons. The number of phenols is 1. The smallest absolute Gasteiger partial charge is 0.253 e. The zero-order chi connectivity index (χ0) is 19.4. The number of hydrogen-bond acceptors (Lipinski definition) is 3. The molecule has 4 nitrogen and oxygen atoms in total. The first-order valence-electron chi connectivity index (χ1n) is 8.62. The number of phenolic OH excluding ortho intramolecular Hbond substituents is 1. The van der Waals surface area contributed by atoms with Crippen molar-refractivity contribution in [3.05, 3.63) is 77.4 Å². The van der Waals surface area contributed by atoms with E-state index in [1.165, 1.54) is 0 Å². The molecule has 0 aliphatic heterocycles. The predicted octanol–water partition coefficient (Wildman–Crippen LogP) is 4.45. The van der Waals surface area contributed by atoms with Crippen LogP contribution in [0.15, 0.2) is 60.7 Å². The van der Waals surface area contributed by atoms with E-state index < -0.39 is 0 Å². The number of fused-ring (bicyclic) bond motifs is 1. The number of carbonyl (C=O) groups is 2. The monoisotopic (exact) mass is 381 g/mol. The van der Waals surface area contributed by atoms with E-state index in [0.717, 1.165) is 22.6 Å². The van der Waals surface area contributed by atoms with Gasteiger partial charge in [-0.15, -0.1) is 11.6 Å². The maximum atomic E-state index is 12.7. The molecule has 1 unspecified atom stereocenters. The second-order valence-electron chi connectivity index (χ2n) is 6.50. The number of carbonyl (C=O) groups excluding carboxylic acids is 2. The summed E-state index contributed by atoms with van der Waals surface area (Å²) < 4.78 is 0. The molecule has 5 heteroatoms. The van der Waals surface area contributed by atoms with Crippen LogP contribution in [0, 0.1) is 0 Å². The zero-order valence-electron chi connectivity index (χ0n) is 14.9. The second-order valence-corrected chi connectivity index (χ2v) is 6.81. The van der Waals surface area contributed by atoms with Crippen LogP contribution in [0.25, 0.3) is 10.8 Å². The molecule has 0 aliphatic rings. The first-order chi connectivity index (χ1) is 13.0. The summed E-state index contributed by atoms with van der Waals surface area (Å²) in [5.41, 5.74) is 1.92. The molecule has 0 fully saturated rings. The summed E-state index contributed by atoms with van der Waals surface area (Å²) in [6, 6.07) is 17.7. The molecule has 3 aromatic carbocycles. The Morgan fingerprint density at radius 2 is 1.85 bits per heavy atom. The van der Waals surface area contributed by atoms with Crippen molar-refractivity contribution < 1.29 is 14.7 Å². The highest BCUT2D eigenvalue weighted by Crippen LogP contribution is 2.32. The van der Waals surface area contributed by atoms with E-state index in [4.69, 9.17) is 11.6 Å². The van der Waals surface area contributed by atoms with E-state index in [-0.39, 0.29) is 17.6 Å². The summed E-state index contributed by atoms with van der Waals surface area (Å²) in [5, 5.41) is 11.8. The van der Waals surface area contributed by atoms with Crippen molar-refractivity contribution in [1.29, 1.82) is 0 Å². The minimum Gasteiger partial charge on any atom is -0.507 e. The number of hydrogen-bond donors (Lipinski definition) is 1. The molecule has 1 amide bonds. The Hall–Kier alpha value is -2.85. The summed E-state index contributed by atoms with van der Waals surface area (Å²) >= 11 is 6.24. The number of nitrogens with zero attached hydrogens (tertiary/aromatic N) is 1. The molecule has 0 bridgehead atoms. The van der Waals surface area contributed by atoms with E-state index in [2.05, 4.69) is 0 Å². The van der Waals surface area contributed by atoms with Gasteiger partial charge in [0.05, 0.1) is 0 Å². The summed E-state index contributed by atoms with van der Waals surface area (Å²) in [7, 11) is 1.72. The lowest BCUT2D eigenvalue weighted by atomic mass is 9.93. The Morgan fingerprint density at radius 3 is 2.56 bits per heavy atom. The third-order valence-electron chi connectivity index (χ3n) is 4.67. The van der Waals surface area contributed by atoms with Crippen LogP contribution in [-0.2, 0) is 0 Å². The van der Waals surface area contributed by atoms with Gasteiger partial charge in [0.25, 0.3) is 5.91 Å². The van der Waals surface area contributed by atoms with Gasteiger partial charge in [-0.2, -0.15) is 0 Å². The fourth-order valence-electron chi connectivity index (χ4n) is 3.27. The Morgan fingerprint density at radius 1 is 1.11 bits per heavy atom. The van der Waals surface area contributed by atoms with Crippen molar-refractivity contribution >= 4 is 34.6 Å². The predicted molar refractivity (Wildman–Crippen MR) is 108 cm³/mol. The summed E-state index contributed by atoms with van der Waals surface area (Å²) in [6.07, 6.45) is 0.723. The number of halogens is 1. The van der Waals surface area contributed by atoms with E-state index in [9.17, 15) is 14.7 Å². The SMILES string of the molecule is CN(CC(CCl)c1ccc(O)c2ccccc12)C(=O)c1cccc(C=O)c1. The first-order valence-corrected chi connectivity index (χ1v) is 9.16. The number of aldehydes is 1. The van der Waals surface area contributed by atoms with E-state index >= 15 is 0 Å². The molecule has 0 saturated heterocycles. The van der Waals surface area contributed by atoms with Crippen LogP contribution in [0.5, 0.6) is 5.75 Å². The molecule has 3 rings (SSSR count). The number of amides is 1. The van der Waals surface area contributed by atoms with Gasteiger partial charge < -0.3 is 10.0 Å². The average molecular weight is 382 g/mol. The summed E-state index contributed by atoms with van der Waals surface area (Å²) in [5.74, 6) is 0.288. The average Bonchev–Trinajstić information content (AvgIpc) is 2.72. The van der Waals surface area contributed by atoms with Gasteiger partial charge in [-0.25, -0.2) is 0 Å². The van der Waals surface area contributed by atoms with Crippen LogP contribution in [0.4, 0.5) is 0 Å². The standard InChI is InChI=1S/C22H20ClNO3/c1-24(22(27)16-6-4-5-15(11-16)14-25)13-17(12-23)18-9-10-21(26)20-8-3-2-7-19(18)20/h2-11,14,17,26H,12-13H2,1H3. The number of likely N-dealkylation sites (N-methyl/N-ethyl adjacent to an activating group) is 1. The van der Waals surface area contributed by atoms with Crippen molar-refractivity contribution in [3.63, 3.8) is 0 Å². The lowest BCUT2D eigenvalue weighted by Crippen LogP contribution is -2.31. The van der Waals surface area contributed by atoms with Crippen LogP contribution in [0.3, 0.4) is 0 Å². The van der Waals surface area contributed by atoms with Crippen LogP contribution in [0.2, 0.25) is 0 Å². The molecule has 0 saturated carbocycles. The number of rotatable bonds is 6. The molecule has 0 aromatic heterocycles. The normalized spacial score (nSPS) is 11.9. The van der Waals surface area contributed by atoms with Crippen LogP contribution in [0.1, 0.15) is 32.2 Å². The van der Waals surface area contributed by atoms with Gasteiger partial charge in [-0.05, 0) is 29.1 Å². The largest absolute Gasteiger partial charge is 0.507 e. The van der Waals surface area contributed by atoms with Crippen molar-refractivity contribution in [1.82, 2.24) is 4.90 Å². The third kappa shape index (κ3) is 3.96. The van der Waals surface area contributed by atoms with Crippen molar-refractivity contribution in [2.75, 3.05) is 19.5 Å². The Kier molecular flexibility index (Phi) is 5.77. The Bertz CT molecular complexity index is 986. The van der Waals surface area contributed by atoms with Gasteiger partial charge >= 0.3 is 0 Å². The topological polar surface area (TPSA) is 57.6 Å². The molecule has 0 heterocycles. The Balaban J connectivity index is 1.88. The van der Waals surface area contributed by atoms with Gasteiger partial charge in [0, 0.05) is 41.9 Å². The minimum atomic E-state index is -0.170. The number of alkyl halides is 1. The molecule has 1 atom stereocenters. The van der Waals surface area contributed by atoms with Crippen LogP contribution < -0.4 is 0 Å². The lowest BCUT2D eigenvalue weighted by molar-refractivity contribution is 0.0789. The van der Waals surface area contributed by atoms with Gasteiger partial charge in [0.15, 0.2) is 0 Å². The van der Waals surface area contributed by atoms with Crippen molar-refractivity contribution in [2.24, 2.45) is 0 Å². The second kappa shape index (κ2) is 8.23. The number of benzene rings is 3. The maximum Gasteiger partial charge on any atom is 0.253 e. The minimum absolute atomic E-state index is 0.0969. The molecule has 0 aliphatic carbocycles. The van der Waals surface area contributed by atoms with Crippen molar-refractivity contribution in [3.8, 4) is 5.75 Å². The van der Waals surface area contributed by atoms with Gasteiger partial charge in [-0.1, -0.05) is 42.5 Å². The van der Waals surface area contributed by atoms with Crippen molar-refractivity contribution in [2.45, 2.75) is 5.92 Å². The molecular formula is C22H20ClNO3. The highest BCUT2D eigenvalue weighted by molar-refractivity contribution is 6.18. The summed E-state index contributed by atoms with van der Waals surface area (Å²) in [4.78, 5) is 25.3. The van der Waals surface area contributed by atoms with E-state index in [1.807, 2.05) is 30.3 Å². The summed E-state index contributed by atoms with van der Waals surface area (Å²) in [6.45, 7) is 0.419. The van der Waals surface area contributed by atoms with E-state index in [0.29, 0.717) is 23.6 Å². The fraction of sp³-hybridized carbons (Fsp3) is 0.182. The third-order valence-corrected chi connectivity index (χ3v) is 5.04. The molecule has 27 heavy (non-hydrogen) atoms.